The molecule has 1 aromatic rings. The van der Waals surface area contributed by atoms with E-state index in [1.165, 1.54) is 32.1 Å². The minimum Gasteiger partial charge on any atom is -0.497 e. The van der Waals surface area contributed by atoms with Crippen molar-refractivity contribution in [2.45, 2.75) is 50.5 Å². The second-order valence-corrected chi connectivity index (χ2v) is 5.56. The van der Waals surface area contributed by atoms with Gasteiger partial charge in [0.25, 0.3) is 0 Å². The maximum Gasteiger partial charge on any atom is 0.120 e. The molecule has 0 bridgehead atoms. The van der Waals surface area contributed by atoms with Crippen molar-refractivity contribution < 1.29 is 9.84 Å². The summed E-state index contributed by atoms with van der Waals surface area (Å²) in [7, 11) is 1.68. The van der Waals surface area contributed by atoms with Crippen molar-refractivity contribution in [2.24, 2.45) is 0 Å². The summed E-state index contributed by atoms with van der Waals surface area (Å²) in [4.78, 5) is 0. The molecule has 0 aliphatic heterocycles. The summed E-state index contributed by atoms with van der Waals surface area (Å²) in [6.45, 7) is 0.199. The van der Waals surface area contributed by atoms with Crippen molar-refractivity contribution in [2.75, 3.05) is 19.0 Å². The number of nitrogens with one attached hydrogen (secondary N) is 1. The lowest BCUT2D eigenvalue weighted by Gasteiger charge is -2.35. The van der Waals surface area contributed by atoms with Crippen LogP contribution in [0.4, 0.5) is 5.69 Å². The van der Waals surface area contributed by atoms with Gasteiger partial charge in [0.1, 0.15) is 5.75 Å². The molecule has 0 heterocycles. The molecule has 1 saturated carbocycles. The van der Waals surface area contributed by atoms with Gasteiger partial charge in [-0.1, -0.05) is 38.2 Å². The lowest BCUT2D eigenvalue weighted by molar-refractivity contribution is 0.182. The van der Waals surface area contributed by atoms with Crippen molar-refractivity contribution in [3.8, 4) is 5.75 Å². The third-order valence-electron chi connectivity index (χ3n) is 4.09. The highest BCUT2D eigenvalue weighted by Crippen LogP contribution is 2.30. The van der Waals surface area contributed by atoms with Crippen LogP contribution >= 0.6 is 0 Å². The number of hydrogen-bond acceptors (Lipinski definition) is 3. The van der Waals surface area contributed by atoms with Gasteiger partial charge in [-0.05, 0) is 25.0 Å². The van der Waals surface area contributed by atoms with E-state index in [0.717, 1.165) is 24.3 Å². The van der Waals surface area contributed by atoms with Crippen molar-refractivity contribution >= 4 is 5.69 Å². The van der Waals surface area contributed by atoms with Crippen LogP contribution in [-0.4, -0.2) is 24.4 Å². The van der Waals surface area contributed by atoms with Gasteiger partial charge in [0.05, 0.1) is 19.3 Å². The van der Waals surface area contributed by atoms with Crippen molar-refractivity contribution in [1.82, 2.24) is 0 Å². The van der Waals surface area contributed by atoms with Gasteiger partial charge >= 0.3 is 0 Å². The molecule has 0 radical (unpaired) electrons. The van der Waals surface area contributed by atoms with Crippen LogP contribution in [0.2, 0.25) is 0 Å². The van der Waals surface area contributed by atoms with Gasteiger partial charge in [-0.15, -0.1) is 0 Å². The topological polar surface area (TPSA) is 41.5 Å². The Morgan fingerprint density at radius 3 is 2.47 bits per heavy atom. The molecule has 0 aromatic heterocycles. The van der Waals surface area contributed by atoms with Gasteiger partial charge in [0.15, 0.2) is 0 Å². The number of ether oxygens (including phenoxy) is 1. The fourth-order valence-electron chi connectivity index (χ4n) is 2.91. The first-order valence-electron chi connectivity index (χ1n) is 7.31. The Morgan fingerprint density at radius 2 is 1.84 bits per heavy atom. The average molecular weight is 263 g/mol. The normalized spacial score (nSPS) is 19.3. The van der Waals surface area contributed by atoms with Crippen molar-refractivity contribution in [3.63, 3.8) is 0 Å². The monoisotopic (exact) mass is 263 g/mol. The molecule has 1 fully saturated rings. The maximum absolute atomic E-state index is 9.85. The SMILES string of the molecule is COc1cccc(NC2(CO)CCCCCCC2)c1. The van der Waals surface area contributed by atoms with Crippen molar-refractivity contribution in [3.05, 3.63) is 24.3 Å². The van der Waals surface area contributed by atoms with Crippen LogP contribution < -0.4 is 10.1 Å². The molecule has 3 nitrogen and oxygen atoms in total. The van der Waals surface area contributed by atoms with E-state index in [9.17, 15) is 5.11 Å². The smallest absolute Gasteiger partial charge is 0.120 e. The molecule has 19 heavy (non-hydrogen) atoms. The lowest BCUT2D eigenvalue weighted by Crippen LogP contribution is -2.42. The van der Waals surface area contributed by atoms with E-state index in [1.807, 2.05) is 24.3 Å². The van der Waals surface area contributed by atoms with Crippen LogP contribution in [0.15, 0.2) is 24.3 Å². The Balaban J connectivity index is 2.10. The molecule has 0 spiro atoms. The molecule has 0 amide bonds. The van der Waals surface area contributed by atoms with Gasteiger partial charge in [0.2, 0.25) is 0 Å². The summed E-state index contributed by atoms with van der Waals surface area (Å²) in [6.07, 6.45) is 8.36. The van der Waals surface area contributed by atoms with Gasteiger partial charge in [-0.25, -0.2) is 0 Å². The highest BCUT2D eigenvalue weighted by molar-refractivity contribution is 5.50. The Hall–Kier alpha value is -1.22. The van der Waals surface area contributed by atoms with Gasteiger partial charge < -0.3 is 15.2 Å². The first kappa shape index (κ1) is 14.2. The number of aliphatic hydroxyl groups excluding tert-OH is 1. The zero-order valence-electron chi connectivity index (χ0n) is 11.8. The van der Waals surface area contributed by atoms with E-state index in [4.69, 9.17) is 4.74 Å². The zero-order valence-corrected chi connectivity index (χ0v) is 11.8. The van der Waals surface area contributed by atoms with E-state index in [0.29, 0.717) is 0 Å². The Bertz CT molecular complexity index is 384. The molecule has 106 valence electrons. The second kappa shape index (κ2) is 6.80. The molecule has 2 rings (SSSR count). The van der Waals surface area contributed by atoms with Crippen LogP contribution in [0.1, 0.15) is 44.9 Å². The fraction of sp³-hybridized carbons (Fsp3) is 0.625. The first-order chi connectivity index (χ1) is 9.28. The number of hydrogen-bond donors (Lipinski definition) is 2. The van der Waals surface area contributed by atoms with Crippen LogP contribution in [0.5, 0.6) is 5.75 Å². The number of methoxy groups -OCH3 is 1. The summed E-state index contributed by atoms with van der Waals surface area (Å²) in [5.74, 6) is 0.851. The standard InChI is InChI=1S/C16H25NO2/c1-19-15-9-7-8-14(12-15)17-16(13-18)10-5-3-2-4-6-11-16/h7-9,12,17-18H,2-6,10-11,13H2,1H3. The highest BCUT2D eigenvalue weighted by Gasteiger charge is 2.29. The summed E-state index contributed by atoms with van der Waals surface area (Å²) >= 11 is 0. The van der Waals surface area contributed by atoms with Crippen LogP contribution in [0.25, 0.3) is 0 Å². The van der Waals surface area contributed by atoms with Crippen LogP contribution in [0.3, 0.4) is 0 Å². The summed E-state index contributed by atoms with van der Waals surface area (Å²) in [6, 6.07) is 7.96. The summed E-state index contributed by atoms with van der Waals surface area (Å²) < 4.78 is 5.25. The van der Waals surface area contributed by atoms with Gasteiger partial charge in [-0.2, -0.15) is 0 Å². The van der Waals surface area contributed by atoms with E-state index in [-0.39, 0.29) is 12.1 Å². The van der Waals surface area contributed by atoms with E-state index in [2.05, 4.69) is 5.32 Å². The highest BCUT2D eigenvalue weighted by atomic mass is 16.5. The molecular weight excluding hydrogens is 238 g/mol. The van der Waals surface area contributed by atoms with Crippen LogP contribution in [-0.2, 0) is 0 Å². The first-order valence-corrected chi connectivity index (χ1v) is 7.31. The average Bonchev–Trinajstić information content (AvgIpc) is 2.42. The van der Waals surface area contributed by atoms with E-state index < -0.39 is 0 Å². The third kappa shape index (κ3) is 3.87. The van der Waals surface area contributed by atoms with E-state index >= 15 is 0 Å². The van der Waals surface area contributed by atoms with E-state index in [1.54, 1.807) is 7.11 Å². The van der Waals surface area contributed by atoms with Crippen molar-refractivity contribution in [1.29, 1.82) is 0 Å². The lowest BCUT2D eigenvalue weighted by atomic mass is 9.84. The second-order valence-electron chi connectivity index (χ2n) is 5.56. The minimum atomic E-state index is -0.160. The predicted molar refractivity (Wildman–Crippen MR) is 78.8 cm³/mol. The number of rotatable bonds is 4. The van der Waals surface area contributed by atoms with Gasteiger partial charge in [0, 0.05) is 11.8 Å². The van der Waals surface area contributed by atoms with Crippen LogP contribution in [0, 0.1) is 0 Å². The Morgan fingerprint density at radius 1 is 1.16 bits per heavy atom. The molecule has 0 unspecified atom stereocenters. The molecule has 3 heteroatoms. The molecule has 1 aromatic carbocycles. The molecular formula is C16H25NO2. The largest absolute Gasteiger partial charge is 0.497 e. The minimum absolute atomic E-state index is 0.160. The molecule has 1 aliphatic rings. The quantitative estimate of drug-likeness (QED) is 0.872. The number of anilines is 1. The molecule has 1 aliphatic carbocycles. The Labute approximate surface area is 116 Å². The number of benzene rings is 1. The summed E-state index contributed by atoms with van der Waals surface area (Å²) in [5.41, 5.74) is 0.876. The Kier molecular flexibility index (Phi) is 5.08. The summed E-state index contributed by atoms with van der Waals surface area (Å²) in [5, 5.41) is 13.4. The molecule has 0 atom stereocenters. The molecule has 2 N–H and O–H groups in total. The molecule has 0 saturated heterocycles. The zero-order chi connectivity index (χ0) is 13.6. The predicted octanol–water partition coefficient (Wildman–Crippen LogP) is 3.58. The third-order valence-corrected chi connectivity index (χ3v) is 4.09. The van der Waals surface area contributed by atoms with Gasteiger partial charge in [-0.3, -0.25) is 0 Å². The number of aliphatic hydroxyl groups is 1. The fourth-order valence-corrected chi connectivity index (χ4v) is 2.91. The maximum atomic E-state index is 9.85.